The molecule has 0 saturated carbocycles. The van der Waals surface area contributed by atoms with Gasteiger partial charge >= 0.3 is 0 Å². The number of amides is 3. The average molecular weight is 557 g/mol. The Morgan fingerprint density at radius 1 is 0.919 bits per heavy atom. The molecule has 0 radical (unpaired) electrons. The second kappa shape index (κ2) is 11.0. The predicted molar refractivity (Wildman–Crippen MR) is 145 cm³/mol. The number of hydrogen-bond donors (Lipinski definition) is 3. The highest BCUT2D eigenvalue weighted by Gasteiger charge is 2.23. The van der Waals surface area contributed by atoms with Crippen molar-refractivity contribution in [1.82, 2.24) is 15.1 Å². The van der Waals surface area contributed by atoms with Crippen molar-refractivity contribution < 1.29 is 14.4 Å². The maximum absolute atomic E-state index is 13.3. The molecule has 11 heteroatoms. The molecule has 4 rings (SSSR count). The lowest BCUT2D eigenvalue weighted by molar-refractivity contribution is -0.117. The molecule has 0 saturated heterocycles. The van der Waals surface area contributed by atoms with Crippen molar-refractivity contribution in [2.45, 2.75) is 6.92 Å². The number of nitrogens with one attached hydrogen (secondary N) is 2. The second-order valence-electron chi connectivity index (χ2n) is 8.02. The Labute approximate surface area is 227 Å². The molecule has 0 fully saturated rings. The first kappa shape index (κ1) is 26.2. The number of carbonyl (C=O) groups excluding carboxylic acids is 3. The molecule has 4 aromatic rings. The number of nitrogens with zero attached hydrogens (tertiary/aromatic N) is 2. The van der Waals surface area contributed by atoms with Crippen molar-refractivity contribution in [3.63, 3.8) is 0 Å². The molecule has 3 amide bonds. The largest absolute Gasteiger partial charge is 0.368 e. The number of carbonyl (C=O) groups is 3. The van der Waals surface area contributed by atoms with Crippen LogP contribution in [0.4, 0.5) is 5.69 Å². The fraction of sp³-hybridized carbons (Fsp3) is 0.0769. The summed E-state index contributed by atoms with van der Waals surface area (Å²) in [5.74, 6) is -1.66. The first-order valence-electron chi connectivity index (χ1n) is 10.9. The number of primary amides is 1. The summed E-state index contributed by atoms with van der Waals surface area (Å²) in [4.78, 5) is 36.5. The Bertz CT molecular complexity index is 1520. The van der Waals surface area contributed by atoms with E-state index < -0.39 is 17.7 Å². The Morgan fingerprint density at radius 2 is 1.62 bits per heavy atom. The number of nitrogens with two attached hydrogens (primary N) is 1. The molecule has 3 aromatic carbocycles. The molecule has 188 valence electrons. The first-order valence-corrected chi connectivity index (χ1v) is 12.1. The van der Waals surface area contributed by atoms with Crippen LogP contribution in [0.3, 0.4) is 0 Å². The van der Waals surface area contributed by atoms with Crippen LogP contribution in [-0.2, 0) is 4.79 Å². The Hall–Kier alpha value is -3.85. The van der Waals surface area contributed by atoms with Gasteiger partial charge in [-0.1, -0.05) is 53.0 Å². The van der Waals surface area contributed by atoms with Gasteiger partial charge in [-0.25, -0.2) is 4.68 Å². The van der Waals surface area contributed by atoms with E-state index in [-0.39, 0.29) is 17.8 Å². The normalized spacial score (nSPS) is 10.7. The van der Waals surface area contributed by atoms with E-state index >= 15 is 0 Å². The minimum absolute atomic E-state index is 0.152. The van der Waals surface area contributed by atoms with E-state index in [1.165, 1.54) is 6.07 Å². The van der Waals surface area contributed by atoms with Crippen molar-refractivity contribution in [2.75, 3.05) is 11.9 Å². The quantitative estimate of drug-likeness (QED) is 0.287. The minimum Gasteiger partial charge on any atom is -0.368 e. The number of halogens is 3. The average Bonchev–Trinajstić information content (AvgIpc) is 3.20. The molecule has 0 aliphatic carbocycles. The fourth-order valence-electron chi connectivity index (χ4n) is 3.68. The van der Waals surface area contributed by atoms with Crippen LogP contribution in [0.25, 0.3) is 16.9 Å². The molecule has 37 heavy (non-hydrogen) atoms. The van der Waals surface area contributed by atoms with Gasteiger partial charge in [-0.15, -0.1) is 0 Å². The van der Waals surface area contributed by atoms with Crippen LogP contribution >= 0.6 is 34.8 Å². The number of benzene rings is 3. The van der Waals surface area contributed by atoms with E-state index in [0.29, 0.717) is 37.7 Å². The third-order valence-corrected chi connectivity index (χ3v) is 6.19. The molecule has 0 aliphatic rings. The smallest absolute Gasteiger partial charge is 0.276 e. The molecule has 0 aliphatic heterocycles. The van der Waals surface area contributed by atoms with Gasteiger partial charge in [0, 0.05) is 32.4 Å². The van der Waals surface area contributed by atoms with E-state index in [1.54, 1.807) is 60.1 Å². The monoisotopic (exact) mass is 555 g/mol. The number of anilines is 1. The van der Waals surface area contributed by atoms with Crippen LogP contribution in [0.1, 0.15) is 26.4 Å². The molecule has 0 atom stereocenters. The molecule has 0 spiro atoms. The number of hydrogen-bond acceptors (Lipinski definition) is 4. The van der Waals surface area contributed by atoms with Crippen molar-refractivity contribution in [1.29, 1.82) is 0 Å². The van der Waals surface area contributed by atoms with Crippen molar-refractivity contribution in [2.24, 2.45) is 5.73 Å². The lowest BCUT2D eigenvalue weighted by atomic mass is 10.1. The Morgan fingerprint density at radius 3 is 2.30 bits per heavy atom. The molecule has 0 unspecified atom stereocenters. The van der Waals surface area contributed by atoms with Crippen LogP contribution in [0.5, 0.6) is 0 Å². The van der Waals surface area contributed by atoms with Gasteiger partial charge < -0.3 is 16.4 Å². The summed E-state index contributed by atoms with van der Waals surface area (Å²) in [6.07, 6.45) is 0. The molecular formula is C26H20Cl3N5O3. The summed E-state index contributed by atoms with van der Waals surface area (Å²) in [6.45, 7) is 1.48. The van der Waals surface area contributed by atoms with Gasteiger partial charge in [-0.05, 0) is 55.5 Å². The molecule has 1 aromatic heterocycles. The summed E-state index contributed by atoms with van der Waals surface area (Å²) in [7, 11) is 0. The Balaban J connectivity index is 1.72. The van der Waals surface area contributed by atoms with Gasteiger partial charge in [-0.2, -0.15) is 5.10 Å². The highest BCUT2D eigenvalue weighted by atomic mass is 35.5. The van der Waals surface area contributed by atoms with Crippen molar-refractivity contribution >= 4 is 58.2 Å². The second-order valence-corrected chi connectivity index (χ2v) is 9.30. The highest BCUT2D eigenvalue weighted by Crippen LogP contribution is 2.33. The van der Waals surface area contributed by atoms with Gasteiger partial charge in [0.1, 0.15) is 0 Å². The van der Waals surface area contributed by atoms with E-state index in [4.69, 9.17) is 40.5 Å². The zero-order chi connectivity index (χ0) is 26.7. The first-order chi connectivity index (χ1) is 17.6. The maximum Gasteiger partial charge on any atom is 0.276 e. The maximum atomic E-state index is 13.3. The predicted octanol–water partition coefficient (Wildman–Crippen LogP) is 5.28. The minimum atomic E-state index is -0.666. The number of rotatable bonds is 7. The zero-order valence-corrected chi connectivity index (χ0v) is 21.7. The van der Waals surface area contributed by atoms with Gasteiger partial charge in [0.2, 0.25) is 5.91 Å². The van der Waals surface area contributed by atoms with E-state index in [0.717, 1.165) is 5.56 Å². The van der Waals surface area contributed by atoms with Crippen molar-refractivity contribution in [3.05, 3.63) is 98.6 Å². The molecule has 4 N–H and O–H groups in total. The van der Waals surface area contributed by atoms with Gasteiger partial charge in [0.05, 0.1) is 22.9 Å². The fourth-order valence-corrected chi connectivity index (χ4v) is 4.30. The SMILES string of the molecule is Cc1c(C(=O)Nc2cccc(C(=O)NCC(N)=O)c2)nn(-c2ccc(Cl)cc2Cl)c1-c1ccc(Cl)cc1. The summed E-state index contributed by atoms with van der Waals surface area (Å²) in [6, 6.07) is 18.4. The van der Waals surface area contributed by atoms with Crippen LogP contribution in [0.15, 0.2) is 66.7 Å². The van der Waals surface area contributed by atoms with Crippen LogP contribution < -0.4 is 16.4 Å². The van der Waals surface area contributed by atoms with Crippen LogP contribution in [0, 0.1) is 6.92 Å². The van der Waals surface area contributed by atoms with Gasteiger partial charge in [0.15, 0.2) is 5.69 Å². The van der Waals surface area contributed by atoms with Crippen LogP contribution in [-0.4, -0.2) is 34.0 Å². The zero-order valence-electron chi connectivity index (χ0n) is 19.4. The lowest BCUT2D eigenvalue weighted by Crippen LogP contribution is -2.33. The molecular weight excluding hydrogens is 537 g/mol. The summed E-state index contributed by atoms with van der Waals surface area (Å²) in [5.41, 5.74) is 8.38. The summed E-state index contributed by atoms with van der Waals surface area (Å²) >= 11 is 18.6. The van der Waals surface area contributed by atoms with Crippen LogP contribution in [0.2, 0.25) is 15.1 Å². The third kappa shape index (κ3) is 5.94. The Kier molecular flexibility index (Phi) is 7.83. The van der Waals surface area contributed by atoms with E-state index in [9.17, 15) is 14.4 Å². The van der Waals surface area contributed by atoms with Gasteiger partial charge in [0.25, 0.3) is 11.8 Å². The standard InChI is InChI=1S/C26H20Cl3N5O3/c1-14-23(26(37)32-19-4-2-3-16(11-19)25(36)31-13-22(30)35)33-34(21-10-9-18(28)12-20(21)29)24(14)15-5-7-17(27)8-6-15/h2-12H,13H2,1H3,(H2,30,35)(H,31,36)(H,32,37). The van der Waals surface area contributed by atoms with Crippen molar-refractivity contribution in [3.8, 4) is 16.9 Å². The molecule has 0 bridgehead atoms. The topological polar surface area (TPSA) is 119 Å². The summed E-state index contributed by atoms with van der Waals surface area (Å²) in [5, 5.41) is 11.1. The third-order valence-electron chi connectivity index (χ3n) is 5.40. The van der Waals surface area contributed by atoms with E-state index in [1.807, 2.05) is 12.1 Å². The van der Waals surface area contributed by atoms with E-state index in [2.05, 4.69) is 15.7 Å². The number of aromatic nitrogens is 2. The highest BCUT2D eigenvalue weighted by molar-refractivity contribution is 6.35. The summed E-state index contributed by atoms with van der Waals surface area (Å²) < 4.78 is 1.58. The van der Waals surface area contributed by atoms with Gasteiger partial charge in [-0.3, -0.25) is 14.4 Å². The molecule has 8 nitrogen and oxygen atoms in total. The molecule has 1 heterocycles. The lowest BCUT2D eigenvalue weighted by Gasteiger charge is -2.11.